The van der Waals surface area contributed by atoms with Crippen molar-refractivity contribution in [2.45, 2.75) is 31.2 Å². The number of nitrogens with one attached hydrogen (secondary N) is 1. The third-order valence-corrected chi connectivity index (χ3v) is 4.91. The molecule has 0 aromatic heterocycles. The molecule has 0 saturated heterocycles. The van der Waals surface area contributed by atoms with E-state index in [1.54, 1.807) is 24.3 Å². The standard InChI is InChI=1S/C19H27N7O2/c1-11(20)10-19(18(23)25-26-24,13-8-6-12(7-9-13)16(21)27)15-5-3-2-4-14(15)17(22)28/h2-3,5-9,11,14,26H,4,10,20,24H2,1H3,(H2,21,27)(H2,22,28)(H2,23,25). The number of nitrogens with two attached hydrogens (primary N) is 5. The van der Waals surface area contributed by atoms with Gasteiger partial charge in [-0.05, 0) is 43.0 Å². The molecule has 1 aromatic carbocycles. The quantitative estimate of drug-likeness (QED) is 0.151. The van der Waals surface area contributed by atoms with Gasteiger partial charge in [-0.2, -0.15) is 5.10 Å². The van der Waals surface area contributed by atoms with Crippen LogP contribution in [0.5, 0.6) is 0 Å². The predicted molar refractivity (Wildman–Crippen MR) is 108 cm³/mol. The van der Waals surface area contributed by atoms with Gasteiger partial charge >= 0.3 is 0 Å². The van der Waals surface area contributed by atoms with Crippen molar-refractivity contribution in [3.63, 3.8) is 0 Å². The number of amidine groups is 1. The minimum absolute atomic E-state index is 0.131. The van der Waals surface area contributed by atoms with Crippen molar-refractivity contribution >= 4 is 17.6 Å². The average molecular weight is 385 g/mol. The minimum Gasteiger partial charge on any atom is -0.385 e. The summed E-state index contributed by atoms with van der Waals surface area (Å²) in [6.07, 6.45) is 6.28. The van der Waals surface area contributed by atoms with Crippen molar-refractivity contribution < 1.29 is 9.59 Å². The topological polar surface area (TPSA) is 189 Å². The van der Waals surface area contributed by atoms with Crippen LogP contribution in [0.4, 0.5) is 0 Å². The van der Waals surface area contributed by atoms with Crippen LogP contribution in [0, 0.1) is 5.92 Å². The number of hydrazine groups is 1. The number of hydrogen-bond acceptors (Lipinski definition) is 6. The number of hydrogen-bond donors (Lipinski definition) is 6. The molecule has 3 unspecified atom stereocenters. The molecular weight excluding hydrogens is 358 g/mol. The van der Waals surface area contributed by atoms with Crippen molar-refractivity contribution in [3.05, 3.63) is 59.2 Å². The fourth-order valence-electron chi connectivity index (χ4n) is 3.71. The smallest absolute Gasteiger partial charge is 0.248 e. The van der Waals surface area contributed by atoms with Crippen LogP contribution in [0.15, 0.2) is 53.2 Å². The first-order valence-electron chi connectivity index (χ1n) is 8.85. The summed E-state index contributed by atoms with van der Waals surface area (Å²) in [4.78, 5) is 23.7. The van der Waals surface area contributed by atoms with E-state index in [0.29, 0.717) is 29.5 Å². The number of carbonyl (C=O) groups excluding carboxylic acids is 2. The van der Waals surface area contributed by atoms with Gasteiger partial charge in [0.25, 0.3) is 0 Å². The van der Waals surface area contributed by atoms with E-state index in [4.69, 9.17) is 28.8 Å². The lowest BCUT2D eigenvalue weighted by Crippen LogP contribution is -2.50. The molecule has 0 heterocycles. The molecule has 1 aliphatic rings. The van der Waals surface area contributed by atoms with Gasteiger partial charge in [-0.3, -0.25) is 9.59 Å². The maximum absolute atomic E-state index is 12.2. The summed E-state index contributed by atoms with van der Waals surface area (Å²) in [6, 6.07) is 6.32. The number of nitrogens with zero attached hydrogens (tertiary/aromatic N) is 1. The summed E-state index contributed by atoms with van der Waals surface area (Å²) >= 11 is 0. The van der Waals surface area contributed by atoms with Crippen molar-refractivity contribution in [3.8, 4) is 0 Å². The molecule has 0 spiro atoms. The van der Waals surface area contributed by atoms with E-state index < -0.39 is 23.1 Å². The van der Waals surface area contributed by atoms with Gasteiger partial charge in [-0.15, -0.1) is 0 Å². The molecule has 0 aliphatic heterocycles. The monoisotopic (exact) mass is 385 g/mol. The van der Waals surface area contributed by atoms with Crippen LogP contribution >= 0.6 is 0 Å². The highest BCUT2D eigenvalue weighted by Crippen LogP contribution is 2.43. The molecule has 0 bridgehead atoms. The van der Waals surface area contributed by atoms with Gasteiger partial charge in [0.1, 0.15) is 5.84 Å². The van der Waals surface area contributed by atoms with Gasteiger partial charge < -0.3 is 22.9 Å². The first-order chi connectivity index (χ1) is 13.2. The highest BCUT2D eigenvalue weighted by Gasteiger charge is 2.45. The summed E-state index contributed by atoms with van der Waals surface area (Å²) in [5, 5.41) is 4.01. The van der Waals surface area contributed by atoms with E-state index >= 15 is 0 Å². The first kappa shape index (κ1) is 21.1. The SMILES string of the molecule is CC(N)CC(C1=CC=CCC1C(N)=O)(/C(N)=N/NN)c1ccc(C(N)=O)cc1. The maximum atomic E-state index is 12.2. The molecule has 11 N–H and O–H groups in total. The summed E-state index contributed by atoms with van der Waals surface area (Å²) in [5.74, 6) is 3.90. The van der Waals surface area contributed by atoms with E-state index in [-0.39, 0.29) is 11.9 Å². The Morgan fingerprint density at radius 2 is 1.89 bits per heavy atom. The highest BCUT2D eigenvalue weighted by molar-refractivity contribution is 5.98. The van der Waals surface area contributed by atoms with E-state index in [1.165, 1.54) is 0 Å². The van der Waals surface area contributed by atoms with E-state index in [9.17, 15) is 9.59 Å². The maximum Gasteiger partial charge on any atom is 0.248 e. The van der Waals surface area contributed by atoms with Crippen LogP contribution in [0.1, 0.15) is 35.7 Å². The van der Waals surface area contributed by atoms with Crippen molar-refractivity contribution in [1.82, 2.24) is 5.53 Å². The molecule has 9 heteroatoms. The zero-order chi connectivity index (χ0) is 20.9. The number of allylic oxidation sites excluding steroid dienone is 3. The lowest BCUT2D eigenvalue weighted by molar-refractivity contribution is -0.120. The zero-order valence-electron chi connectivity index (χ0n) is 15.8. The highest BCUT2D eigenvalue weighted by atomic mass is 16.1. The number of primary amides is 2. The van der Waals surface area contributed by atoms with Crippen molar-refractivity contribution in [2.75, 3.05) is 0 Å². The normalized spacial score (nSPS) is 20.0. The molecule has 3 atom stereocenters. The molecule has 2 rings (SSSR count). The number of hydrazone groups is 1. The van der Waals surface area contributed by atoms with E-state index in [0.717, 1.165) is 0 Å². The second-order valence-electron chi connectivity index (χ2n) is 6.90. The van der Waals surface area contributed by atoms with Crippen molar-refractivity contribution in [2.24, 2.45) is 39.8 Å². The molecule has 0 fully saturated rings. The van der Waals surface area contributed by atoms with Gasteiger partial charge in [-0.1, -0.05) is 30.4 Å². The van der Waals surface area contributed by atoms with Gasteiger partial charge in [-0.25, -0.2) is 11.4 Å². The fourth-order valence-corrected chi connectivity index (χ4v) is 3.71. The summed E-state index contributed by atoms with van der Waals surface area (Å²) in [7, 11) is 0. The van der Waals surface area contributed by atoms with Gasteiger partial charge in [0.15, 0.2) is 0 Å². The summed E-state index contributed by atoms with van der Waals surface area (Å²) in [6.45, 7) is 1.83. The number of carbonyl (C=O) groups is 2. The average Bonchev–Trinajstić information content (AvgIpc) is 2.66. The lowest BCUT2D eigenvalue weighted by Gasteiger charge is -2.40. The molecular formula is C19H27N7O2. The largest absolute Gasteiger partial charge is 0.385 e. The summed E-state index contributed by atoms with van der Waals surface area (Å²) < 4.78 is 0. The Balaban J connectivity index is 2.79. The first-order valence-corrected chi connectivity index (χ1v) is 8.85. The Hall–Kier alpha value is -3.17. The predicted octanol–water partition coefficient (Wildman–Crippen LogP) is -0.516. The van der Waals surface area contributed by atoms with Crippen LogP contribution < -0.4 is 34.3 Å². The molecule has 1 aliphatic carbocycles. The van der Waals surface area contributed by atoms with Crippen LogP contribution in [0.2, 0.25) is 0 Å². The molecule has 0 radical (unpaired) electrons. The van der Waals surface area contributed by atoms with Gasteiger partial charge in [0.2, 0.25) is 11.8 Å². The van der Waals surface area contributed by atoms with E-state index in [1.807, 2.05) is 25.2 Å². The molecule has 1 aromatic rings. The summed E-state index contributed by atoms with van der Waals surface area (Å²) in [5.41, 5.74) is 26.4. The Morgan fingerprint density at radius 3 is 2.39 bits per heavy atom. The van der Waals surface area contributed by atoms with Crippen LogP contribution in [0.25, 0.3) is 0 Å². The van der Waals surface area contributed by atoms with Crippen LogP contribution in [-0.4, -0.2) is 23.7 Å². The van der Waals surface area contributed by atoms with Crippen LogP contribution in [-0.2, 0) is 10.2 Å². The molecule has 150 valence electrons. The second-order valence-corrected chi connectivity index (χ2v) is 6.90. The van der Waals surface area contributed by atoms with Crippen LogP contribution in [0.3, 0.4) is 0 Å². The van der Waals surface area contributed by atoms with Gasteiger partial charge in [0.05, 0.1) is 11.3 Å². The molecule has 28 heavy (non-hydrogen) atoms. The number of rotatable bonds is 8. The zero-order valence-corrected chi connectivity index (χ0v) is 15.8. The Kier molecular flexibility index (Phi) is 6.55. The number of benzene rings is 1. The molecule has 9 nitrogen and oxygen atoms in total. The number of amides is 2. The van der Waals surface area contributed by atoms with E-state index in [2.05, 4.69) is 10.6 Å². The molecule has 0 saturated carbocycles. The molecule has 2 amide bonds. The lowest BCUT2D eigenvalue weighted by atomic mass is 9.63. The minimum atomic E-state index is -1.05. The Labute approximate surface area is 163 Å². The van der Waals surface area contributed by atoms with Crippen molar-refractivity contribution in [1.29, 1.82) is 0 Å². The van der Waals surface area contributed by atoms with Gasteiger partial charge in [0, 0.05) is 11.6 Å². The Bertz CT molecular complexity index is 827. The fraction of sp³-hybridized carbons (Fsp3) is 0.316. The third kappa shape index (κ3) is 4.05. The second kappa shape index (κ2) is 8.68. The Morgan fingerprint density at radius 1 is 1.25 bits per heavy atom. The third-order valence-electron chi connectivity index (χ3n) is 4.91.